The molecule has 0 aromatic carbocycles. The van der Waals surface area contributed by atoms with Crippen LogP contribution in [0.15, 0.2) is 6.20 Å². The molecule has 1 saturated heterocycles. The number of ether oxygens (including phenoxy) is 4. The smallest absolute Gasteiger partial charge is 0.444 e. The molecule has 11 heteroatoms. The molecule has 1 aliphatic heterocycles. The quantitative estimate of drug-likeness (QED) is 0.232. The number of nitrogens with zero attached hydrogens (tertiary/aromatic N) is 3. The minimum absolute atomic E-state index is 0.0498. The lowest BCUT2D eigenvalue weighted by Gasteiger charge is -2.61. The lowest BCUT2D eigenvalue weighted by atomic mass is 9.48. The number of carbonyl (C=O) groups excluding carboxylic acids is 1. The minimum atomic E-state index is -0.502. The van der Waals surface area contributed by atoms with Crippen molar-refractivity contribution in [2.24, 2.45) is 17.3 Å². The van der Waals surface area contributed by atoms with Crippen molar-refractivity contribution in [3.05, 3.63) is 11.9 Å². The molecule has 4 bridgehead atoms. The van der Waals surface area contributed by atoms with Gasteiger partial charge in [-0.25, -0.2) is 4.79 Å². The second kappa shape index (κ2) is 12.5. The number of likely N-dealkylation sites (N-methyl/N-ethyl adjacent to an activating group) is 1. The summed E-state index contributed by atoms with van der Waals surface area (Å²) in [7, 11) is 1.33. The first kappa shape index (κ1) is 33.7. The van der Waals surface area contributed by atoms with Gasteiger partial charge in [0.1, 0.15) is 5.60 Å². The van der Waals surface area contributed by atoms with E-state index < -0.39 is 5.60 Å². The predicted octanol–water partition coefficient (Wildman–Crippen LogP) is 4.75. The molecule has 5 fully saturated rings. The Balaban J connectivity index is 1.06. The molecule has 5 aliphatic rings. The van der Waals surface area contributed by atoms with Crippen molar-refractivity contribution in [1.29, 1.82) is 0 Å². The first-order valence-corrected chi connectivity index (χ1v) is 16.6. The van der Waals surface area contributed by atoms with Crippen LogP contribution < -0.4 is 5.46 Å². The molecule has 248 valence electrons. The van der Waals surface area contributed by atoms with E-state index in [1.165, 1.54) is 24.2 Å². The molecule has 4 aliphatic carbocycles. The van der Waals surface area contributed by atoms with Crippen LogP contribution in [0.1, 0.15) is 92.7 Å². The minimum Gasteiger partial charge on any atom is -0.444 e. The molecule has 2 atom stereocenters. The summed E-state index contributed by atoms with van der Waals surface area (Å²) in [6.07, 6.45) is 8.88. The van der Waals surface area contributed by atoms with Crippen LogP contribution in [-0.2, 0) is 34.8 Å². The molecule has 0 radical (unpaired) electrons. The van der Waals surface area contributed by atoms with Crippen LogP contribution in [0.4, 0.5) is 4.79 Å². The van der Waals surface area contributed by atoms with Crippen molar-refractivity contribution < 1.29 is 33.1 Å². The highest BCUT2D eigenvalue weighted by Crippen LogP contribution is 2.63. The molecule has 0 N–H and O–H groups in total. The Bertz CT molecular complexity index is 1130. The maximum absolute atomic E-state index is 12.0. The van der Waals surface area contributed by atoms with Crippen LogP contribution in [0, 0.1) is 24.2 Å². The van der Waals surface area contributed by atoms with Crippen molar-refractivity contribution in [2.75, 3.05) is 46.6 Å². The Labute approximate surface area is 264 Å². The Kier molecular flexibility index (Phi) is 9.58. The fraction of sp³-hybridized carbons (Fsp3) is 0.879. The van der Waals surface area contributed by atoms with E-state index in [9.17, 15) is 4.79 Å². The molecule has 4 saturated carbocycles. The summed E-state index contributed by atoms with van der Waals surface area (Å²) in [6, 6.07) is 0. The predicted molar refractivity (Wildman–Crippen MR) is 169 cm³/mol. The third-order valence-electron chi connectivity index (χ3n) is 10.5. The number of amides is 1. The van der Waals surface area contributed by atoms with Crippen LogP contribution in [0.25, 0.3) is 0 Å². The average Bonchev–Trinajstić information content (AvgIpc) is 3.34. The van der Waals surface area contributed by atoms with Gasteiger partial charge in [-0.15, -0.1) is 0 Å². The number of rotatable bonds is 13. The summed E-state index contributed by atoms with van der Waals surface area (Å²) in [5.41, 5.74) is 1.11. The standard InChI is InChI=1S/C33H56BN3O7/c1-24-27(34-43-30(5,6)31(7,8)44-34)21-35-37(24)23-32-17-25-16-26(18-32)20-33(19-25,22-32)41-15-14-40-13-12-39-11-10-36(9)28(38)42-29(2,3)4/h21,25-26H,10-20,22-23H2,1-9H3. The Morgan fingerprint density at radius 1 is 1.00 bits per heavy atom. The number of carbonyl (C=O) groups is 1. The molecule has 1 amide bonds. The highest BCUT2D eigenvalue weighted by atomic mass is 16.7. The topological polar surface area (TPSA) is 93.5 Å². The van der Waals surface area contributed by atoms with Gasteiger partial charge in [0.05, 0.1) is 49.8 Å². The van der Waals surface area contributed by atoms with Crippen LogP contribution in [0.2, 0.25) is 0 Å². The molecule has 44 heavy (non-hydrogen) atoms. The summed E-state index contributed by atoms with van der Waals surface area (Å²) in [6.45, 7) is 20.1. The van der Waals surface area contributed by atoms with E-state index in [4.69, 9.17) is 33.4 Å². The van der Waals surface area contributed by atoms with E-state index in [1.807, 2.05) is 27.0 Å². The molecule has 1 aromatic heterocycles. The third-order valence-corrected chi connectivity index (χ3v) is 10.5. The highest BCUT2D eigenvalue weighted by molar-refractivity contribution is 6.62. The maximum Gasteiger partial charge on any atom is 0.498 e. The Morgan fingerprint density at radius 2 is 1.59 bits per heavy atom. The summed E-state index contributed by atoms with van der Waals surface area (Å²) < 4.78 is 38.5. The SMILES string of the molecule is Cc1c(B2OC(C)(C)C(C)(C)O2)cnn1CC12CC3CC(C1)CC(OCCOCCOCCN(C)C(=O)OC(C)(C)C)(C3)C2. The largest absolute Gasteiger partial charge is 0.498 e. The van der Waals surface area contributed by atoms with Gasteiger partial charge in [-0.2, -0.15) is 5.10 Å². The van der Waals surface area contributed by atoms with E-state index in [1.54, 1.807) is 7.05 Å². The van der Waals surface area contributed by atoms with Crippen LogP contribution in [0.5, 0.6) is 0 Å². The van der Waals surface area contributed by atoms with Gasteiger partial charge in [0.15, 0.2) is 0 Å². The average molecular weight is 618 g/mol. The summed E-state index contributed by atoms with van der Waals surface area (Å²) in [5.74, 6) is 1.45. The van der Waals surface area contributed by atoms with Crippen molar-refractivity contribution in [2.45, 2.75) is 123 Å². The lowest BCUT2D eigenvalue weighted by Crippen LogP contribution is -2.58. The summed E-state index contributed by atoms with van der Waals surface area (Å²) >= 11 is 0. The lowest BCUT2D eigenvalue weighted by molar-refractivity contribution is -0.201. The molecule has 2 heterocycles. The van der Waals surface area contributed by atoms with E-state index in [0.717, 1.165) is 48.8 Å². The van der Waals surface area contributed by atoms with Gasteiger partial charge < -0.3 is 33.2 Å². The first-order valence-electron chi connectivity index (χ1n) is 16.6. The number of aromatic nitrogens is 2. The normalized spacial score (nSPS) is 30.2. The Morgan fingerprint density at radius 3 is 2.20 bits per heavy atom. The monoisotopic (exact) mass is 617 g/mol. The van der Waals surface area contributed by atoms with Crippen molar-refractivity contribution in [1.82, 2.24) is 14.7 Å². The van der Waals surface area contributed by atoms with Gasteiger partial charge in [0.25, 0.3) is 0 Å². The second-order valence-corrected chi connectivity index (χ2v) is 16.1. The molecular formula is C33H56BN3O7. The van der Waals surface area contributed by atoms with Gasteiger partial charge >= 0.3 is 13.2 Å². The molecular weight excluding hydrogens is 561 g/mol. The fourth-order valence-electron chi connectivity index (χ4n) is 8.13. The van der Waals surface area contributed by atoms with Gasteiger partial charge in [-0.1, -0.05) is 0 Å². The molecule has 2 unspecified atom stereocenters. The fourth-order valence-corrected chi connectivity index (χ4v) is 8.13. The van der Waals surface area contributed by atoms with E-state index in [0.29, 0.717) is 39.6 Å². The zero-order chi connectivity index (χ0) is 32.0. The number of hydrogen-bond acceptors (Lipinski definition) is 8. The second-order valence-electron chi connectivity index (χ2n) is 16.1. The van der Waals surface area contributed by atoms with E-state index in [-0.39, 0.29) is 35.4 Å². The van der Waals surface area contributed by atoms with Crippen LogP contribution in [-0.4, -0.2) is 96.9 Å². The van der Waals surface area contributed by atoms with Crippen LogP contribution >= 0.6 is 0 Å². The third kappa shape index (κ3) is 7.49. The van der Waals surface area contributed by atoms with Crippen molar-refractivity contribution >= 4 is 18.7 Å². The Hall–Kier alpha value is -1.66. The van der Waals surface area contributed by atoms with Gasteiger partial charge in [-0.05, 0) is 111 Å². The van der Waals surface area contributed by atoms with Gasteiger partial charge in [0, 0.05) is 37.5 Å². The number of hydrogen-bond donors (Lipinski definition) is 0. The molecule has 0 spiro atoms. The van der Waals surface area contributed by atoms with E-state index >= 15 is 0 Å². The van der Waals surface area contributed by atoms with Gasteiger partial charge in [0.2, 0.25) is 0 Å². The molecule has 1 aromatic rings. The molecule has 6 rings (SSSR count). The van der Waals surface area contributed by atoms with Crippen molar-refractivity contribution in [3.8, 4) is 0 Å². The zero-order valence-corrected chi connectivity index (χ0v) is 28.7. The zero-order valence-electron chi connectivity index (χ0n) is 28.7. The molecule has 10 nitrogen and oxygen atoms in total. The highest BCUT2D eigenvalue weighted by Gasteiger charge is 2.59. The van der Waals surface area contributed by atoms with E-state index in [2.05, 4.69) is 39.3 Å². The maximum atomic E-state index is 12.0. The summed E-state index contributed by atoms with van der Waals surface area (Å²) in [5, 5.41) is 4.86. The van der Waals surface area contributed by atoms with Crippen molar-refractivity contribution in [3.63, 3.8) is 0 Å². The van der Waals surface area contributed by atoms with Gasteiger partial charge in [-0.3, -0.25) is 4.68 Å². The van der Waals surface area contributed by atoms with Crippen LogP contribution in [0.3, 0.4) is 0 Å². The summed E-state index contributed by atoms with van der Waals surface area (Å²) in [4.78, 5) is 13.6. The first-order chi connectivity index (χ1) is 20.5.